The monoisotopic (exact) mass is 619 g/mol. The Morgan fingerprint density at radius 2 is 1.93 bits per heavy atom. The predicted molar refractivity (Wildman–Crippen MR) is 151 cm³/mol. The van der Waals surface area contributed by atoms with Crippen LogP contribution in [0.1, 0.15) is 29.3 Å². The van der Waals surface area contributed by atoms with Crippen molar-refractivity contribution in [2.75, 3.05) is 54.4 Å². The Bertz CT molecular complexity index is 1260. The first-order valence-electron chi connectivity index (χ1n) is 13.2. The normalized spacial score (nSPS) is 20.1. The number of anilines is 2. The van der Waals surface area contributed by atoms with Gasteiger partial charge in [0, 0.05) is 67.4 Å². The number of rotatable bonds is 8. The third kappa shape index (κ3) is 8.24. The number of piperazine rings is 1. The molecule has 2 aliphatic rings. The Morgan fingerprint density at radius 3 is 2.61 bits per heavy atom. The van der Waals surface area contributed by atoms with Crippen molar-refractivity contribution >= 4 is 46.6 Å². The molecule has 0 saturated carbocycles. The quantitative estimate of drug-likeness (QED) is 0.374. The third-order valence-electron chi connectivity index (χ3n) is 7.04. The highest BCUT2D eigenvalue weighted by Crippen LogP contribution is 2.33. The van der Waals surface area contributed by atoms with Gasteiger partial charge in [-0.1, -0.05) is 17.7 Å². The lowest BCUT2D eigenvalue weighted by Gasteiger charge is -2.42. The number of hydrogen-bond acceptors (Lipinski definition) is 6. The van der Waals surface area contributed by atoms with Crippen LogP contribution in [0.2, 0.25) is 5.02 Å². The smallest absolute Gasteiger partial charge is 0.365 e. The fourth-order valence-corrected chi connectivity index (χ4v) is 5.96. The van der Waals surface area contributed by atoms with E-state index >= 15 is 0 Å². The minimum Gasteiger partial charge on any atom is -0.365 e. The topological polar surface area (TPSA) is 76.7 Å². The van der Waals surface area contributed by atoms with Crippen LogP contribution in [0.4, 0.5) is 33.3 Å². The number of alkyl halides is 3. The molecule has 0 bridgehead atoms. The number of thioether (sulfide) groups is 1. The predicted octanol–water partition coefficient (Wildman–Crippen LogP) is 4.65. The van der Waals surface area contributed by atoms with E-state index < -0.39 is 41.7 Å². The van der Waals surface area contributed by atoms with Crippen LogP contribution in [0.3, 0.4) is 0 Å². The molecule has 14 heteroatoms. The van der Waals surface area contributed by atoms with Gasteiger partial charge in [0.15, 0.2) is 11.6 Å². The van der Waals surface area contributed by atoms with Crippen LogP contribution in [0.5, 0.6) is 0 Å². The van der Waals surface area contributed by atoms with Crippen LogP contribution in [0.25, 0.3) is 0 Å². The van der Waals surface area contributed by atoms with Crippen LogP contribution >= 0.6 is 23.4 Å². The highest BCUT2D eigenvalue weighted by atomic mass is 35.5. The van der Waals surface area contributed by atoms with Gasteiger partial charge in [-0.05, 0) is 31.2 Å². The summed E-state index contributed by atoms with van der Waals surface area (Å²) in [4.78, 5) is 29.0. The summed E-state index contributed by atoms with van der Waals surface area (Å²) in [7, 11) is 0. The van der Waals surface area contributed by atoms with E-state index in [0.29, 0.717) is 48.3 Å². The maximum absolute atomic E-state index is 15.0. The molecule has 2 atom stereocenters. The number of halogens is 6. The molecule has 2 amide bonds. The fourth-order valence-electron chi connectivity index (χ4n) is 4.86. The van der Waals surface area contributed by atoms with E-state index in [0.717, 1.165) is 11.8 Å². The summed E-state index contributed by atoms with van der Waals surface area (Å²) < 4.78 is 67.9. The average molecular weight is 620 g/mol. The zero-order chi connectivity index (χ0) is 29.7. The molecule has 2 fully saturated rings. The van der Waals surface area contributed by atoms with Gasteiger partial charge in [0.2, 0.25) is 5.91 Å². The minimum absolute atomic E-state index is 0.0970. The van der Waals surface area contributed by atoms with Crippen molar-refractivity contribution in [1.29, 1.82) is 0 Å². The van der Waals surface area contributed by atoms with Crippen LogP contribution in [-0.2, 0) is 11.3 Å². The zero-order valence-corrected chi connectivity index (χ0v) is 23.9. The molecule has 2 saturated heterocycles. The Labute approximate surface area is 244 Å². The molecule has 0 aliphatic carbocycles. The van der Waals surface area contributed by atoms with Crippen LogP contribution in [-0.4, -0.2) is 79.2 Å². The molecular weight excluding hydrogens is 589 g/mol. The number of carbonyl (C=O) groups is 2. The lowest BCUT2D eigenvalue weighted by Crippen LogP contribution is -2.52. The van der Waals surface area contributed by atoms with Crippen molar-refractivity contribution in [2.24, 2.45) is 0 Å². The van der Waals surface area contributed by atoms with E-state index in [1.165, 1.54) is 18.2 Å². The largest absolute Gasteiger partial charge is 0.390 e. The first-order valence-corrected chi connectivity index (χ1v) is 14.7. The van der Waals surface area contributed by atoms with Gasteiger partial charge in [-0.15, -0.1) is 0 Å². The number of carbonyl (C=O) groups excluding carboxylic acids is 2. The minimum atomic E-state index is -4.24. The van der Waals surface area contributed by atoms with E-state index in [4.69, 9.17) is 11.6 Å². The summed E-state index contributed by atoms with van der Waals surface area (Å²) in [5.41, 5.74) is 0.196. The van der Waals surface area contributed by atoms with Crippen molar-refractivity contribution in [2.45, 2.75) is 38.1 Å². The summed E-state index contributed by atoms with van der Waals surface area (Å²) in [5, 5.41) is 8.66. The molecule has 2 aromatic rings. The highest BCUT2D eigenvalue weighted by molar-refractivity contribution is 7.99. The van der Waals surface area contributed by atoms with Gasteiger partial charge in [0.1, 0.15) is 0 Å². The highest BCUT2D eigenvalue weighted by Gasteiger charge is 2.31. The Hall–Kier alpha value is -2.61. The van der Waals surface area contributed by atoms with Gasteiger partial charge in [-0.2, -0.15) is 24.9 Å². The molecule has 7 nitrogen and oxygen atoms in total. The molecular formula is C27H31ClF5N5O2S. The van der Waals surface area contributed by atoms with Crippen molar-refractivity contribution in [3.05, 3.63) is 58.1 Å². The second-order valence-electron chi connectivity index (χ2n) is 10.0. The molecule has 0 unspecified atom stereocenters. The first-order chi connectivity index (χ1) is 19.4. The first kappa shape index (κ1) is 31.3. The Balaban J connectivity index is 1.43. The molecule has 224 valence electrons. The lowest BCUT2D eigenvalue weighted by atomic mass is 10.1. The van der Waals surface area contributed by atoms with Crippen LogP contribution in [0.15, 0.2) is 30.3 Å². The van der Waals surface area contributed by atoms with Gasteiger partial charge in [0.05, 0.1) is 29.4 Å². The van der Waals surface area contributed by atoms with Crippen molar-refractivity contribution in [3.63, 3.8) is 0 Å². The van der Waals surface area contributed by atoms with Crippen molar-refractivity contribution in [1.82, 2.24) is 15.5 Å². The molecule has 41 heavy (non-hydrogen) atoms. The standard InChI is InChI=1S/C27H31ClF5N5O2S/c1-16-14-37(8-6-27(31,32)33)9-10-38(16)22-12-18(28)3-5-20(22)36-25(39)19-4-2-17(23(29)24(19)30)13-35-26(40)21-15-41-11-7-34-21/h2-5,12,16,21,34H,6-11,13-15H2,1H3,(H,35,40)(H,36,39)/t16-,21-/m1/s1. The zero-order valence-electron chi connectivity index (χ0n) is 22.3. The Kier molecular flexibility index (Phi) is 10.4. The summed E-state index contributed by atoms with van der Waals surface area (Å²) in [6.45, 7) is 3.30. The molecule has 0 aromatic heterocycles. The second kappa shape index (κ2) is 13.6. The summed E-state index contributed by atoms with van der Waals surface area (Å²) in [6.07, 6.45) is -5.14. The van der Waals surface area contributed by atoms with E-state index in [1.54, 1.807) is 22.7 Å². The number of hydrogen-bond donors (Lipinski definition) is 3. The van der Waals surface area contributed by atoms with Crippen LogP contribution in [0, 0.1) is 11.6 Å². The number of benzene rings is 2. The molecule has 0 radical (unpaired) electrons. The maximum atomic E-state index is 15.0. The molecule has 2 aliphatic heterocycles. The van der Waals surface area contributed by atoms with Gasteiger partial charge >= 0.3 is 6.18 Å². The molecule has 4 rings (SSSR count). The van der Waals surface area contributed by atoms with E-state index in [9.17, 15) is 31.5 Å². The van der Waals surface area contributed by atoms with E-state index in [-0.39, 0.29) is 30.6 Å². The average Bonchev–Trinajstić information content (AvgIpc) is 2.93. The summed E-state index contributed by atoms with van der Waals surface area (Å²) >= 11 is 7.84. The van der Waals surface area contributed by atoms with Gasteiger partial charge in [-0.3, -0.25) is 14.5 Å². The van der Waals surface area contributed by atoms with E-state index in [2.05, 4.69) is 16.0 Å². The third-order valence-corrected chi connectivity index (χ3v) is 8.34. The van der Waals surface area contributed by atoms with Crippen molar-refractivity contribution < 1.29 is 31.5 Å². The molecule has 2 heterocycles. The second-order valence-corrected chi connectivity index (χ2v) is 11.6. The molecule has 0 spiro atoms. The van der Waals surface area contributed by atoms with Gasteiger partial charge in [-0.25, -0.2) is 8.78 Å². The van der Waals surface area contributed by atoms with Crippen LogP contribution < -0.4 is 20.9 Å². The summed E-state index contributed by atoms with van der Waals surface area (Å²) in [5.74, 6) is -2.30. The number of nitrogens with one attached hydrogen (secondary N) is 3. The lowest BCUT2D eigenvalue weighted by molar-refractivity contribution is -0.138. The molecule has 2 aromatic carbocycles. The SMILES string of the molecule is C[C@@H]1CN(CCC(F)(F)F)CCN1c1cc(Cl)ccc1NC(=O)c1ccc(CNC(=O)[C@H]2CSCCN2)c(F)c1F. The fraction of sp³-hybridized carbons (Fsp3) is 0.481. The summed E-state index contributed by atoms with van der Waals surface area (Å²) in [6, 6.07) is 6.47. The van der Waals surface area contributed by atoms with Gasteiger partial charge < -0.3 is 20.9 Å². The Morgan fingerprint density at radius 1 is 1.15 bits per heavy atom. The van der Waals surface area contributed by atoms with Crippen molar-refractivity contribution in [3.8, 4) is 0 Å². The molecule has 3 N–H and O–H groups in total. The number of amides is 2. The van der Waals surface area contributed by atoms with Gasteiger partial charge in [0.25, 0.3) is 5.91 Å². The number of nitrogens with zero attached hydrogens (tertiary/aromatic N) is 2. The maximum Gasteiger partial charge on any atom is 0.390 e. The van der Waals surface area contributed by atoms with E-state index in [1.807, 2.05) is 11.8 Å².